The molecule has 0 heterocycles. The summed E-state index contributed by atoms with van der Waals surface area (Å²) in [5, 5.41) is 0. The minimum Gasteiger partial charge on any atom is -0.462 e. The Morgan fingerprint density at radius 2 is 0.824 bits per heavy atom. The second-order valence-electron chi connectivity index (χ2n) is 8.96. The lowest BCUT2D eigenvalue weighted by atomic mass is 9.99. The maximum Gasteiger partial charge on any atom is 0.338 e. The van der Waals surface area contributed by atoms with Gasteiger partial charge in [0.05, 0.1) is 24.3 Å². The maximum atomic E-state index is 12.2. The van der Waals surface area contributed by atoms with Gasteiger partial charge in [-0.15, -0.1) is 0 Å². The van der Waals surface area contributed by atoms with Crippen LogP contribution in [0, 0.1) is 11.8 Å². The molecule has 0 aliphatic rings. The van der Waals surface area contributed by atoms with Crippen molar-refractivity contribution < 1.29 is 19.1 Å². The van der Waals surface area contributed by atoms with Gasteiger partial charge in [0.2, 0.25) is 0 Å². The molecule has 0 aromatic heterocycles. The molecule has 0 amide bonds. The Hall–Kier alpha value is -3.40. The highest BCUT2D eigenvalue weighted by atomic mass is 16.5. The fraction of sp³-hybridized carbons (Fsp3) is 0.333. The molecule has 2 atom stereocenters. The van der Waals surface area contributed by atoms with Gasteiger partial charge >= 0.3 is 11.9 Å². The minimum atomic E-state index is -0.283. The first-order chi connectivity index (χ1) is 16.4. The Kier molecular flexibility index (Phi) is 9.03. The van der Waals surface area contributed by atoms with E-state index in [0.29, 0.717) is 36.2 Å². The average Bonchev–Trinajstić information content (AvgIpc) is 2.90. The monoisotopic (exact) mass is 458 g/mol. The molecule has 0 fully saturated rings. The van der Waals surface area contributed by atoms with Gasteiger partial charge < -0.3 is 9.47 Å². The Balaban J connectivity index is 1.62. The van der Waals surface area contributed by atoms with E-state index in [1.54, 1.807) is 24.3 Å². The highest BCUT2D eigenvalue weighted by molar-refractivity contribution is 5.91. The van der Waals surface area contributed by atoms with E-state index in [-0.39, 0.29) is 11.9 Å². The summed E-state index contributed by atoms with van der Waals surface area (Å²) in [6.45, 7) is 9.19. The zero-order valence-corrected chi connectivity index (χ0v) is 20.5. The molecule has 0 bridgehead atoms. The van der Waals surface area contributed by atoms with Crippen LogP contribution in [-0.2, 0) is 9.47 Å². The van der Waals surface area contributed by atoms with Crippen molar-refractivity contribution in [1.29, 1.82) is 0 Å². The Bertz CT molecular complexity index is 978. The summed E-state index contributed by atoms with van der Waals surface area (Å²) in [6, 6.07) is 23.2. The molecule has 3 rings (SSSR count). The summed E-state index contributed by atoms with van der Waals surface area (Å²) in [5.41, 5.74) is 5.31. The van der Waals surface area contributed by atoms with Gasteiger partial charge in [-0.2, -0.15) is 0 Å². The standard InChI is InChI=1S/C30H34O4/c1-5-21(3)19-33-29(31)27-15-11-25(12-16-27)23-7-9-24(10-8-23)26-13-17-28(18-14-26)30(32)34-20-22(4)6-2/h7-18,21-22H,5-6,19-20H2,1-4H3/t21-,22+. The van der Waals surface area contributed by atoms with Crippen molar-refractivity contribution in [2.45, 2.75) is 40.5 Å². The lowest BCUT2D eigenvalue weighted by Crippen LogP contribution is -2.11. The molecule has 4 heteroatoms. The van der Waals surface area contributed by atoms with E-state index < -0.39 is 0 Å². The van der Waals surface area contributed by atoms with E-state index in [2.05, 4.69) is 52.0 Å². The summed E-state index contributed by atoms with van der Waals surface area (Å²) in [4.78, 5) is 24.4. The van der Waals surface area contributed by atoms with Gasteiger partial charge in [0, 0.05) is 0 Å². The molecule has 0 unspecified atom stereocenters. The molecule has 3 aromatic carbocycles. The highest BCUT2D eigenvalue weighted by Gasteiger charge is 2.11. The molecule has 0 saturated carbocycles. The quantitative estimate of drug-likeness (QED) is 0.297. The first-order valence-corrected chi connectivity index (χ1v) is 12.1. The van der Waals surface area contributed by atoms with E-state index in [1.165, 1.54) is 0 Å². The number of ether oxygens (including phenoxy) is 2. The summed E-state index contributed by atoms with van der Waals surface area (Å²) in [5.74, 6) is 0.159. The summed E-state index contributed by atoms with van der Waals surface area (Å²) < 4.78 is 10.8. The first kappa shape index (κ1) is 25.2. The van der Waals surface area contributed by atoms with Crippen molar-refractivity contribution in [3.8, 4) is 22.3 Å². The van der Waals surface area contributed by atoms with Crippen LogP contribution in [0.4, 0.5) is 0 Å². The second-order valence-corrected chi connectivity index (χ2v) is 8.96. The molecular weight excluding hydrogens is 424 g/mol. The number of carbonyl (C=O) groups excluding carboxylic acids is 2. The van der Waals surface area contributed by atoms with Crippen molar-refractivity contribution in [3.63, 3.8) is 0 Å². The van der Waals surface area contributed by atoms with Crippen LogP contribution in [0.2, 0.25) is 0 Å². The molecule has 0 aliphatic heterocycles. The van der Waals surface area contributed by atoms with Gasteiger partial charge in [-0.05, 0) is 58.4 Å². The van der Waals surface area contributed by atoms with Crippen molar-refractivity contribution in [1.82, 2.24) is 0 Å². The second kappa shape index (κ2) is 12.2. The van der Waals surface area contributed by atoms with Gasteiger partial charge in [-0.1, -0.05) is 89.1 Å². The van der Waals surface area contributed by atoms with Crippen molar-refractivity contribution in [2.75, 3.05) is 13.2 Å². The average molecular weight is 459 g/mol. The number of carbonyl (C=O) groups is 2. The summed E-state index contributed by atoms with van der Waals surface area (Å²) in [6.07, 6.45) is 1.97. The molecule has 0 radical (unpaired) electrons. The molecule has 0 saturated heterocycles. The number of rotatable bonds is 10. The zero-order chi connectivity index (χ0) is 24.5. The Morgan fingerprint density at radius 3 is 1.09 bits per heavy atom. The SMILES string of the molecule is CC[C@@H](C)COC(=O)c1ccc(-c2ccc(-c3ccc(C(=O)OC[C@@H](C)CC)cc3)cc2)cc1. The molecule has 0 N–H and O–H groups in total. The van der Waals surface area contributed by atoms with Crippen molar-refractivity contribution >= 4 is 11.9 Å². The lowest BCUT2D eigenvalue weighted by Gasteiger charge is -2.10. The van der Waals surface area contributed by atoms with Gasteiger partial charge in [0.15, 0.2) is 0 Å². The van der Waals surface area contributed by atoms with Gasteiger partial charge in [0.25, 0.3) is 0 Å². The molecule has 4 nitrogen and oxygen atoms in total. The number of hydrogen-bond donors (Lipinski definition) is 0. The Labute approximate surface area is 202 Å². The van der Waals surface area contributed by atoms with E-state index in [9.17, 15) is 9.59 Å². The van der Waals surface area contributed by atoms with Crippen LogP contribution < -0.4 is 0 Å². The fourth-order valence-electron chi connectivity index (χ4n) is 3.29. The van der Waals surface area contributed by atoms with E-state index >= 15 is 0 Å². The van der Waals surface area contributed by atoms with Crippen molar-refractivity contribution in [2.24, 2.45) is 11.8 Å². The van der Waals surface area contributed by atoms with Crippen molar-refractivity contribution in [3.05, 3.63) is 83.9 Å². The normalized spacial score (nSPS) is 12.6. The largest absolute Gasteiger partial charge is 0.462 e. The number of benzene rings is 3. The van der Waals surface area contributed by atoms with Gasteiger partial charge in [-0.25, -0.2) is 9.59 Å². The molecule has 178 valence electrons. The lowest BCUT2D eigenvalue weighted by molar-refractivity contribution is 0.0438. The van der Waals surface area contributed by atoms with Crippen LogP contribution in [-0.4, -0.2) is 25.2 Å². The smallest absolute Gasteiger partial charge is 0.338 e. The van der Waals surface area contributed by atoms with E-state index in [4.69, 9.17) is 9.47 Å². The fourth-order valence-corrected chi connectivity index (χ4v) is 3.29. The highest BCUT2D eigenvalue weighted by Crippen LogP contribution is 2.26. The maximum absolute atomic E-state index is 12.2. The van der Waals surface area contributed by atoms with Crippen LogP contribution in [0.15, 0.2) is 72.8 Å². The predicted octanol–water partition coefficient (Wildman–Crippen LogP) is 7.43. The van der Waals surface area contributed by atoms with E-state index in [1.807, 2.05) is 24.3 Å². The summed E-state index contributed by atoms with van der Waals surface area (Å²) >= 11 is 0. The molecule has 34 heavy (non-hydrogen) atoms. The molecule has 0 spiro atoms. The first-order valence-electron chi connectivity index (χ1n) is 12.1. The topological polar surface area (TPSA) is 52.6 Å². The van der Waals surface area contributed by atoms with Gasteiger partial charge in [0.1, 0.15) is 0 Å². The summed E-state index contributed by atoms with van der Waals surface area (Å²) in [7, 11) is 0. The van der Waals surface area contributed by atoms with Crippen LogP contribution >= 0.6 is 0 Å². The molecule has 0 aliphatic carbocycles. The van der Waals surface area contributed by atoms with Gasteiger partial charge in [-0.3, -0.25) is 0 Å². The zero-order valence-electron chi connectivity index (χ0n) is 20.5. The van der Waals surface area contributed by atoms with E-state index in [0.717, 1.165) is 35.1 Å². The molecule has 3 aromatic rings. The third-order valence-corrected chi connectivity index (χ3v) is 6.18. The number of esters is 2. The third-order valence-electron chi connectivity index (χ3n) is 6.18. The van der Waals surface area contributed by atoms with Crippen LogP contribution in [0.1, 0.15) is 61.3 Å². The predicted molar refractivity (Wildman–Crippen MR) is 137 cm³/mol. The van der Waals surface area contributed by atoms with Crippen LogP contribution in [0.3, 0.4) is 0 Å². The minimum absolute atomic E-state index is 0.283. The third kappa shape index (κ3) is 6.80. The number of hydrogen-bond acceptors (Lipinski definition) is 4. The molecular formula is C30H34O4. The van der Waals surface area contributed by atoms with Crippen LogP contribution in [0.25, 0.3) is 22.3 Å². The Morgan fingerprint density at radius 1 is 0.559 bits per heavy atom. The van der Waals surface area contributed by atoms with Crippen LogP contribution in [0.5, 0.6) is 0 Å².